The first kappa shape index (κ1) is 17.7. The summed E-state index contributed by atoms with van der Waals surface area (Å²) >= 11 is 0. The van der Waals surface area contributed by atoms with Crippen molar-refractivity contribution in [3.05, 3.63) is 27.1 Å². The van der Waals surface area contributed by atoms with Crippen LogP contribution in [0.3, 0.4) is 0 Å². The van der Waals surface area contributed by atoms with Crippen molar-refractivity contribution in [2.24, 2.45) is 5.92 Å². The first-order valence-corrected chi connectivity index (χ1v) is 7.33. The predicted molar refractivity (Wildman–Crippen MR) is 80.7 cm³/mol. The fourth-order valence-electron chi connectivity index (χ4n) is 2.26. The Morgan fingerprint density at radius 2 is 1.76 bits per heavy atom. The van der Waals surface area contributed by atoms with Crippen molar-refractivity contribution < 1.29 is 19.4 Å². The zero-order valence-corrected chi connectivity index (χ0v) is 13.5. The molecule has 0 aliphatic carbocycles. The molecule has 0 bridgehead atoms. The van der Waals surface area contributed by atoms with Crippen LogP contribution < -0.4 is 10.2 Å². The van der Waals surface area contributed by atoms with Gasteiger partial charge in [0.25, 0.3) is 5.95 Å². The van der Waals surface area contributed by atoms with Gasteiger partial charge >= 0.3 is 0 Å². The summed E-state index contributed by atoms with van der Waals surface area (Å²) in [6.07, 6.45) is 0.829. The summed E-state index contributed by atoms with van der Waals surface area (Å²) < 4.78 is 10.5. The first-order chi connectivity index (χ1) is 9.79. The third kappa shape index (κ3) is 4.32. The molecule has 21 heavy (non-hydrogen) atoms. The fourth-order valence-corrected chi connectivity index (χ4v) is 2.26. The summed E-state index contributed by atoms with van der Waals surface area (Å²) in [7, 11) is 1.43. The van der Waals surface area contributed by atoms with Gasteiger partial charge in [0.05, 0.1) is 18.8 Å². The van der Waals surface area contributed by atoms with E-state index in [1.807, 2.05) is 6.92 Å². The van der Waals surface area contributed by atoms with E-state index in [0.717, 1.165) is 12.8 Å². The molecule has 3 unspecified atom stereocenters. The molecule has 120 valence electrons. The Balaban J connectivity index is 2.81. The smallest absolute Gasteiger partial charge is 0.291 e. The van der Waals surface area contributed by atoms with Gasteiger partial charge in [-0.1, -0.05) is 13.3 Å². The van der Waals surface area contributed by atoms with E-state index in [9.17, 15) is 15.0 Å². The standard InChI is InChI=1S/C16H26O5/c1-9(12(4)17)7-6-8-13(18)15-10(2)14(19)11(3)16(20-5)21-15/h9,12-13,17-18H,6-8H2,1-5H3. The van der Waals surface area contributed by atoms with Gasteiger partial charge in [0, 0.05) is 5.56 Å². The monoisotopic (exact) mass is 298 g/mol. The lowest BCUT2D eigenvalue weighted by atomic mass is 9.97. The van der Waals surface area contributed by atoms with Crippen LogP contribution in [0, 0.1) is 19.8 Å². The lowest BCUT2D eigenvalue weighted by Gasteiger charge is -2.17. The van der Waals surface area contributed by atoms with Crippen LogP contribution in [0.15, 0.2) is 9.21 Å². The Hall–Kier alpha value is -1.33. The van der Waals surface area contributed by atoms with Gasteiger partial charge in [-0.05, 0) is 39.5 Å². The average Bonchev–Trinajstić information content (AvgIpc) is 2.44. The van der Waals surface area contributed by atoms with Gasteiger partial charge in [0.1, 0.15) is 11.9 Å². The molecule has 1 heterocycles. The zero-order chi connectivity index (χ0) is 16.2. The zero-order valence-electron chi connectivity index (χ0n) is 13.5. The molecule has 0 aliphatic heterocycles. The van der Waals surface area contributed by atoms with Crippen LogP contribution in [0.2, 0.25) is 0 Å². The van der Waals surface area contributed by atoms with Gasteiger partial charge in [0.2, 0.25) is 0 Å². The van der Waals surface area contributed by atoms with Crippen LogP contribution in [-0.4, -0.2) is 23.4 Å². The van der Waals surface area contributed by atoms with E-state index in [-0.39, 0.29) is 29.2 Å². The van der Waals surface area contributed by atoms with Crippen molar-refractivity contribution in [1.29, 1.82) is 0 Å². The number of ether oxygens (including phenoxy) is 1. The summed E-state index contributed by atoms with van der Waals surface area (Å²) in [6, 6.07) is 0. The number of hydrogen-bond acceptors (Lipinski definition) is 5. The molecule has 5 heteroatoms. The van der Waals surface area contributed by atoms with E-state index < -0.39 is 6.10 Å². The molecule has 0 radical (unpaired) electrons. The number of methoxy groups -OCH3 is 1. The van der Waals surface area contributed by atoms with Crippen LogP contribution in [0.1, 0.15) is 56.1 Å². The Labute approximate surface area is 125 Å². The number of rotatable bonds is 7. The second-order valence-corrected chi connectivity index (χ2v) is 5.70. The van der Waals surface area contributed by atoms with Crippen LogP contribution in [0.4, 0.5) is 0 Å². The minimum absolute atomic E-state index is 0.150. The molecular weight excluding hydrogens is 272 g/mol. The second-order valence-electron chi connectivity index (χ2n) is 5.70. The third-order valence-corrected chi connectivity index (χ3v) is 4.01. The van der Waals surface area contributed by atoms with Gasteiger partial charge in [-0.3, -0.25) is 4.79 Å². The third-order valence-electron chi connectivity index (χ3n) is 4.01. The number of hydrogen-bond donors (Lipinski definition) is 2. The van der Waals surface area contributed by atoms with Gasteiger partial charge in [0.15, 0.2) is 5.43 Å². The maximum atomic E-state index is 12.1. The molecule has 0 spiro atoms. The van der Waals surface area contributed by atoms with E-state index in [1.165, 1.54) is 7.11 Å². The first-order valence-electron chi connectivity index (χ1n) is 7.33. The Morgan fingerprint density at radius 1 is 1.14 bits per heavy atom. The van der Waals surface area contributed by atoms with Crippen LogP contribution in [0.5, 0.6) is 5.95 Å². The highest BCUT2D eigenvalue weighted by atomic mass is 16.6. The quantitative estimate of drug-likeness (QED) is 0.808. The topological polar surface area (TPSA) is 79.9 Å². The van der Waals surface area contributed by atoms with Gasteiger partial charge in [-0.25, -0.2) is 0 Å². The van der Waals surface area contributed by atoms with Crippen molar-refractivity contribution in [2.75, 3.05) is 7.11 Å². The molecule has 1 aromatic rings. The molecule has 0 saturated heterocycles. The van der Waals surface area contributed by atoms with Gasteiger partial charge in [-0.15, -0.1) is 0 Å². The molecule has 1 aromatic heterocycles. The molecule has 0 saturated carbocycles. The fraction of sp³-hybridized carbons (Fsp3) is 0.688. The van der Waals surface area contributed by atoms with Gasteiger partial charge < -0.3 is 19.4 Å². The predicted octanol–water partition coefficient (Wildman–Crippen LogP) is 2.49. The van der Waals surface area contributed by atoms with E-state index in [0.29, 0.717) is 17.5 Å². The van der Waals surface area contributed by atoms with Gasteiger partial charge in [-0.2, -0.15) is 0 Å². The van der Waals surface area contributed by atoms with Crippen molar-refractivity contribution in [1.82, 2.24) is 0 Å². The van der Waals surface area contributed by atoms with Crippen molar-refractivity contribution in [3.63, 3.8) is 0 Å². The maximum Gasteiger partial charge on any atom is 0.291 e. The van der Waals surface area contributed by atoms with Crippen molar-refractivity contribution in [3.8, 4) is 5.95 Å². The minimum atomic E-state index is -0.839. The molecular formula is C16H26O5. The highest BCUT2D eigenvalue weighted by Gasteiger charge is 2.20. The summed E-state index contributed by atoms with van der Waals surface area (Å²) in [5.41, 5.74) is 0.669. The van der Waals surface area contributed by atoms with Crippen LogP contribution in [-0.2, 0) is 0 Å². The minimum Gasteiger partial charge on any atom is -0.468 e. The SMILES string of the molecule is COc1oc(C(O)CCCC(C)C(C)O)c(C)c(=O)c1C. The lowest BCUT2D eigenvalue weighted by Crippen LogP contribution is -2.16. The van der Waals surface area contributed by atoms with Crippen molar-refractivity contribution >= 4 is 0 Å². The van der Waals surface area contributed by atoms with Crippen molar-refractivity contribution in [2.45, 2.75) is 59.2 Å². The largest absolute Gasteiger partial charge is 0.468 e. The molecule has 0 aliphatic rings. The molecule has 3 atom stereocenters. The summed E-state index contributed by atoms with van der Waals surface area (Å²) in [4.78, 5) is 12.1. The summed E-state index contributed by atoms with van der Waals surface area (Å²) in [5, 5.41) is 19.7. The Kier molecular flexibility index (Phi) is 6.42. The summed E-state index contributed by atoms with van der Waals surface area (Å²) in [6.45, 7) is 7.01. The summed E-state index contributed by atoms with van der Waals surface area (Å²) in [5.74, 6) is 0.599. The Morgan fingerprint density at radius 3 is 2.29 bits per heavy atom. The normalized spacial score (nSPS) is 15.6. The molecule has 0 aromatic carbocycles. The number of aliphatic hydroxyl groups excluding tert-OH is 2. The van der Waals surface area contributed by atoms with Crippen LogP contribution >= 0.6 is 0 Å². The highest BCUT2D eigenvalue weighted by molar-refractivity contribution is 5.30. The number of aliphatic hydroxyl groups is 2. The molecule has 0 fully saturated rings. The molecule has 0 amide bonds. The Bertz CT molecular complexity index is 518. The van der Waals surface area contributed by atoms with E-state index >= 15 is 0 Å². The van der Waals surface area contributed by atoms with E-state index in [2.05, 4.69) is 0 Å². The molecule has 2 N–H and O–H groups in total. The van der Waals surface area contributed by atoms with Crippen LogP contribution in [0.25, 0.3) is 0 Å². The maximum absolute atomic E-state index is 12.1. The van der Waals surface area contributed by atoms with E-state index in [1.54, 1.807) is 20.8 Å². The average molecular weight is 298 g/mol. The molecule has 1 rings (SSSR count). The van der Waals surface area contributed by atoms with E-state index in [4.69, 9.17) is 9.15 Å². The molecule has 5 nitrogen and oxygen atoms in total. The highest BCUT2D eigenvalue weighted by Crippen LogP contribution is 2.27. The second kappa shape index (κ2) is 7.61. The lowest BCUT2D eigenvalue weighted by molar-refractivity contribution is 0.107.